The lowest BCUT2D eigenvalue weighted by molar-refractivity contribution is 0.0822. The van der Waals surface area contributed by atoms with Crippen LogP contribution in [0.25, 0.3) is 11.3 Å². The monoisotopic (exact) mass is 367 g/mol. The van der Waals surface area contributed by atoms with E-state index in [2.05, 4.69) is 15.6 Å². The van der Waals surface area contributed by atoms with Crippen LogP contribution in [0.2, 0.25) is 0 Å². The Morgan fingerprint density at radius 3 is 2.44 bits per heavy atom. The molecule has 2 amide bonds. The maximum atomic E-state index is 12.6. The lowest BCUT2D eigenvalue weighted by atomic mass is 10.1. The molecule has 0 saturated heterocycles. The molecule has 0 saturated carbocycles. The van der Waals surface area contributed by atoms with Crippen molar-refractivity contribution < 1.29 is 14.1 Å². The van der Waals surface area contributed by atoms with Crippen LogP contribution in [0.3, 0.4) is 0 Å². The zero-order valence-corrected chi connectivity index (χ0v) is 15.9. The van der Waals surface area contributed by atoms with Crippen LogP contribution in [0.15, 0.2) is 34.9 Å². The van der Waals surface area contributed by atoms with Crippen molar-refractivity contribution in [2.45, 2.75) is 13.8 Å². The highest BCUT2D eigenvalue weighted by Gasteiger charge is 2.24. The molecule has 0 aliphatic heterocycles. The van der Waals surface area contributed by atoms with E-state index in [-0.39, 0.29) is 17.3 Å². The number of benzene rings is 1. The van der Waals surface area contributed by atoms with Crippen molar-refractivity contribution >= 4 is 17.5 Å². The molecule has 3 rings (SSSR count). The van der Waals surface area contributed by atoms with Gasteiger partial charge in [0.25, 0.3) is 11.8 Å². The Bertz CT molecular complexity index is 999. The van der Waals surface area contributed by atoms with Gasteiger partial charge in [-0.05, 0) is 13.8 Å². The van der Waals surface area contributed by atoms with Crippen LogP contribution < -0.4 is 5.32 Å². The number of nitrogens with zero attached hydrogens (tertiary/aromatic N) is 4. The molecule has 27 heavy (non-hydrogen) atoms. The van der Waals surface area contributed by atoms with Gasteiger partial charge in [-0.25, -0.2) is 0 Å². The van der Waals surface area contributed by atoms with E-state index in [1.807, 2.05) is 31.2 Å². The third kappa shape index (κ3) is 3.59. The lowest BCUT2D eigenvalue weighted by Crippen LogP contribution is -2.24. The quantitative estimate of drug-likeness (QED) is 0.765. The summed E-state index contributed by atoms with van der Waals surface area (Å²) < 4.78 is 6.84. The highest BCUT2D eigenvalue weighted by atomic mass is 16.5. The second-order valence-electron chi connectivity index (χ2n) is 6.53. The standard InChI is InChI=1S/C19H21N5O3/c1-11-6-8-13(9-7-11)15-10-14(22-27-15)18(25)20-16-12(2)24(5)21-17(16)19(26)23(3)4/h6-10H,1-5H3,(H,20,25). The lowest BCUT2D eigenvalue weighted by Gasteiger charge is -2.10. The van der Waals surface area contributed by atoms with Crippen LogP contribution in [0.4, 0.5) is 5.69 Å². The summed E-state index contributed by atoms with van der Waals surface area (Å²) in [6, 6.07) is 9.28. The molecule has 0 aliphatic carbocycles. The van der Waals surface area contributed by atoms with E-state index in [0.29, 0.717) is 17.1 Å². The molecule has 2 aromatic heterocycles. The van der Waals surface area contributed by atoms with Gasteiger partial charge in [-0.15, -0.1) is 0 Å². The van der Waals surface area contributed by atoms with E-state index >= 15 is 0 Å². The highest BCUT2D eigenvalue weighted by Crippen LogP contribution is 2.24. The summed E-state index contributed by atoms with van der Waals surface area (Å²) >= 11 is 0. The van der Waals surface area contributed by atoms with Gasteiger partial charge in [0.2, 0.25) is 0 Å². The average molecular weight is 367 g/mol. The average Bonchev–Trinajstić information content (AvgIpc) is 3.22. The molecule has 0 spiro atoms. The van der Waals surface area contributed by atoms with E-state index in [9.17, 15) is 9.59 Å². The SMILES string of the molecule is Cc1ccc(-c2cc(C(=O)Nc3c(C(=O)N(C)C)nn(C)c3C)no2)cc1. The predicted octanol–water partition coefficient (Wildman–Crippen LogP) is 2.65. The van der Waals surface area contributed by atoms with Crippen molar-refractivity contribution in [2.75, 3.05) is 19.4 Å². The second-order valence-corrected chi connectivity index (χ2v) is 6.53. The molecular weight excluding hydrogens is 346 g/mol. The summed E-state index contributed by atoms with van der Waals surface area (Å²) in [5.41, 5.74) is 3.28. The molecule has 140 valence electrons. The van der Waals surface area contributed by atoms with E-state index in [1.165, 1.54) is 4.90 Å². The topological polar surface area (TPSA) is 93.3 Å². The number of carbonyl (C=O) groups excluding carboxylic acids is 2. The number of rotatable bonds is 4. The molecule has 0 atom stereocenters. The zero-order chi connectivity index (χ0) is 19.7. The minimum absolute atomic E-state index is 0.122. The van der Waals surface area contributed by atoms with Gasteiger partial charge in [-0.1, -0.05) is 35.0 Å². The van der Waals surface area contributed by atoms with E-state index in [1.54, 1.807) is 38.8 Å². The van der Waals surface area contributed by atoms with E-state index in [4.69, 9.17) is 4.52 Å². The largest absolute Gasteiger partial charge is 0.355 e. The van der Waals surface area contributed by atoms with Gasteiger partial charge in [-0.2, -0.15) is 5.10 Å². The molecular formula is C19H21N5O3. The summed E-state index contributed by atoms with van der Waals surface area (Å²) in [7, 11) is 4.97. The Morgan fingerprint density at radius 2 is 1.81 bits per heavy atom. The van der Waals surface area contributed by atoms with Crippen molar-refractivity contribution in [3.8, 4) is 11.3 Å². The molecule has 0 radical (unpaired) electrons. The van der Waals surface area contributed by atoms with Gasteiger partial charge in [0.1, 0.15) is 0 Å². The number of hydrogen-bond acceptors (Lipinski definition) is 5. The fraction of sp³-hybridized carbons (Fsp3) is 0.263. The van der Waals surface area contributed by atoms with Crippen molar-refractivity contribution in [1.29, 1.82) is 0 Å². The van der Waals surface area contributed by atoms with Crippen LogP contribution in [-0.2, 0) is 7.05 Å². The van der Waals surface area contributed by atoms with Crippen LogP contribution in [0.1, 0.15) is 32.2 Å². The molecule has 0 fully saturated rings. The molecule has 0 bridgehead atoms. The Balaban J connectivity index is 1.86. The van der Waals surface area contributed by atoms with Gasteiger partial charge in [-0.3, -0.25) is 14.3 Å². The fourth-order valence-electron chi connectivity index (χ4n) is 2.53. The molecule has 3 aromatic rings. The summed E-state index contributed by atoms with van der Waals surface area (Å²) in [5.74, 6) is -0.275. The van der Waals surface area contributed by atoms with Gasteiger partial charge in [0, 0.05) is 32.8 Å². The number of aromatic nitrogens is 3. The second kappa shape index (κ2) is 7.06. The number of anilines is 1. The molecule has 0 unspecified atom stereocenters. The highest BCUT2D eigenvalue weighted by molar-refractivity contribution is 6.08. The molecule has 2 heterocycles. The van der Waals surface area contributed by atoms with Crippen LogP contribution in [0, 0.1) is 13.8 Å². The van der Waals surface area contributed by atoms with Crippen molar-refractivity contribution in [1.82, 2.24) is 19.8 Å². The third-order valence-corrected chi connectivity index (χ3v) is 4.26. The molecule has 1 N–H and O–H groups in total. The van der Waals surface area contributed by atoms with Gasteiger partial charge in [0.05, 0.1) is 11.4 Å². The zero-order valence-electron chi connectivity index (χ0n) is 15.9. The van der Waals surface area contributed by atoms with Gasteiger partial charge >= 0.3 is 0 Å². The first-order chi connectivity index (χ1) is 12.8. The summed E-state index contributed by atoms with van der Waals surface area (Å²) in [5, 5.41) is 10.8. The third-order valence-electron chi connectivity index (χ3n) is 4.26. The minimum atomic E-state index is -0.471. The minimum Gasteiger partial charge on any atom is -0.355 e. The maximum absolute atomic E-state index is 12.6. The molecule has 1 aromatic carbocycles. The molecule has 8 heteroatoms. The molecule has 0 aliphatic rings. The Labute approximate surface area is 156 Å². The van der Waals surface area contributed by atoms with Crippen molar-refractivity contribution in [3.63, 3.8) is 0 Å². The van der Waals surface area contributed by atoms with Crippen molar-refractivity contribution in [2.24, 2.45) is 7.05 Å². The summed E-state index contributed by atoms with van der Waals surface area (Å²) in [4.78, 5) is 26.4. The van der Waals surface area contributed by atoms with E-state index in [0.717, 1.165) is 11.1 Å². The van der Waals surface area contributed by atoms with Gasteiger partial charge < -0.3 is 14.7 Å². The Kier molecular flexibility index (Phi) is 4.81. The smallest absolute Gasteiger partial charge is 0.277 e. The first kappa shape index (κ1) is 18.4. The maximum Gasteiger partial charge on any atom is 0.277 e. The summed E-state index contributed by atoms with van der Waals surface area (Å²) in [6.07, 6.45) is 0. The van der Waals surface area contributed by atoms with Crippen molar-refractivity contribution in [3.05, 3.63) is 53.0 Å². The van der Waals surface area contributed by atoms with Crippen LogP contribution in [-0.4, -0.2) is 45.7 Å². The first-order valence-corrected chi connectivity index (χ1v) is 8.38. The summed E-state index contributed by atoms with van der Waals surface area (Å²) in [6.45, 7) is 3.77. The molecule has 8 nitrogen and oxygen atoms in total. The van der Waals surface area contributed by atoms with Gasteiger partial charge in [0.15, 0.2) is 17.1 Å². The fourth-order valence-corrected chi connectivity index (χ4v) is 2.53. The first-order valence-electron chi connectivity index (χ1n) is 8.38. The van der Waals surface area contributed by atoms with Crippen LogP contribution in [0.5, 0.6) is 0 Å². The predicted molar refractivity (Wildman–Crippen MR) is 101 cm³/mol. The Morgan fingerprint density at radius 1 is 1.15 bits per heavy atom. The number of aryl methyl sites for hydroxylation is 2. The Hall–Kier alpha value is -3.42. The normalized spacial score (nSPS) is 10.7. The van der Waals surface area contributed by atoms with E-state index < -0.39 is 5.91 Å². The number of hydrogen-bond donors (Lipinski definition) is 1. The number of carbonyl (C=O) groups is 2. The number of amides is 2. The van der Waals surface area contributed by atoms with Crippen LogP contribution >= 0.6 is 0 Å². The number of nitrogens with one attached hydrogen (secondary N) is 1.